The van der Waals surface area contributed by atoms with Gasteiger partial charge in [0.15, 0.2) is 5.82 Å². The number of para-hydroxylation sites is 1. The monoisotopic (exact) mass is 303 g/mol. The molecular formula is C18H13N3O2. The smallest absolute Gasteiger partial charge is 0.296 e. The summed E-state index contributed by atoms with van der Waals surface area (Å²) < 4.78 is 0. The molecule has 4 rings (SSSR count). The molecule has 0 unspecified atom stereocenters. The van der Waals surface area contributed by atoms with Gasteiger partial charge in [-0.25, -0.2) is 4.98 Å². The summed E-state index contributed by atoms with van der Waals surface area (Å²) in [5.41, 5.74) is 3.46. The summed E-state index contributed by atoms with van der Waals surface area (Å²) in [6, 6.07) is 15.1. The highest BCUT2D eigenvalue weighted by Crippen LogP contribution is 2.36. The maximum absolute atomic E-state index is 12.2. The van der Waals surface area contributed by atoms with Crippen molar-refractivity contribution in [1.82, 2.24) is 4.98 Å². The molecule has 0 aliphatic carbocycles. The molecule has 5 heteroatoms. The molecule has 23 heavy (non-hydrogen) atoms. The molecule has 1 amide bonds. The third-order valence-electron chi connectivity index (χ3n) is 3.85. The number of hydrogen-bond donors (Lipinski definition) is 2. The van der Waals surface area contributed by atoms with Gasteiger partial charge in [0.1, 0.15) is 0 Å². The van der Waals surface area contributed by atoms with Gasteiger partial charge >= 0.3 is 0 Å². The average molecular weight is 303 g/mol. The van der Waals surface area contributed by atoms with Crippen LogP contribution in [0.3, 0.4) is 0 Å². The van der Waals surface area contributed by atoms with Crippen molar-refractivity contribution in [2.45, 2.75) is 6.92 Å². The molecule has 1 aliphatic heterocycles. The van der Waals surface area contributed by atoms with Crippen molar-refractivity contribution in [1.29, 1.82) is 0 Å². The van der Waals surface area contributed by atoms with Crippen LogP contribution in [0, 0.1) is 6.92 Å². The van der Waals surface area contributed by atoms with Gasteiger partial charge in [0.2, 0.25) is 0 Å². The number of aromatic nitrogens is 1. The van der Waals surface area contributed by atoms with Gasteiger partial charge in [-0.3, -0.25) is 9.59 Å². The Morgan fingerprint density at radius 1 is 1.04 bits per heavy atom. The Morgan fingerprint density at radius 3 is 2.70 bits per heavy atom. The van der Waals surface area contributed by atoms with Crippen LogP contribution < -0.4 is 10.6 Å². The summed E-state index contributed by atoms with van der Waals surface area (Å²) in [5.74, 6) is -0.667. The number of aryl methyl sites for hydroxylation is 1. The molecule has 0 spiro atoms. The second-order valence-electron chi connectivity index (χ2n) is 5.51. The third kappa shape index (κ3) is 2.14. The van der Waals surface area contributed by atoms with Crippen LogP contribution in [0.5, 0.6) is 0 Å². The Hall–Kier alpha value is -3.21. The predicted molar refractivity (Wildman–Crippen MR) is 89.2 cm³/mol. The Labute approximate surface area is 132 Å². The summed E-state index contributed by atoms with van der Waals surface area (Å²) in [5, 5.41) is 6.51. The second kappa shape index (κ2) is 4.91. The molecule has 2 N–H and O–H groups in total. The maximum atomic E-state index is 12.2. The third-order valence-corrected chi connectivity index (χ3v) is 3.85. The molecule has 0 fully saturated rings. The maximum Gasteiger partial charge on any atom is 0.296 e. The summed E-state index contributed by atoms with van der Waals surface area (Å²) in [7, 11) is 0. The fourth-order valence-electron chi connectivity index (χ4n) is 2.80. The van der Waals surface area contributed by atoms with Gasteiger partial charge in [0.05, 0.1) is 16.8 Å². The largest absolute Gasteiger partial charge is 0.338 e. The molecule has 1 aromatic heterocycles. The SMILES string of the molecule is Cc1cccc(Nc2nc3ccccc3c3c2NC(=O)C3=O)c1. The van der Waals surface area contributed by atoms with E-state index in [0.717, 1.165) is 11.3 Å². The minimum atomic E-state index is -0.620. The van der Waals surface area contributed by atoms with Crippen molar-refractivity contribution >= 4 is 39.8 Å². The van der Waals surface area contributed by atoms with Crippen LogP contribution in [0.15, 0.2) is 48.5 Å². The van der Waals surface area contributed by atoms with E-state index in [0.29, 0.717) is 28.0 Å². The number of pyridine rings is 1. The molecule has 112 valence electrons. The van der Waals surface area contributed by atoms with Crippen LogP contribution in [-0.2, 0) is 4.79 Å². The quantitative estimate of drug-likeness (QED) is 0.712. The van der Waals surface area contributed by atoms with Gasteiger partial charge in [-0.2, -0.15) is 0 Å². The van der Waals surface area contributed by atoms with Crippen LogP contribution in [0.4, 0.5) is 17.2 Å². The van der Waals surface area contributed by atoms with E-state index < -0.39 is 11.7 Å². The first-order chi connectivity index (χ1) is 11.1. The lowest BCUT2D eigenvalue weighted by atomic mass is 10.1. The van der Waals surface area contributed by atoms with E-state index in [2.05, 4.69) is 15.6 Å². The minimum Gasteiger partial charge on any atom is -0.338 e. The van der Waals surface area contributed by atoms with Gasteiger partial charge in [0, 0.05) is 11.1 Å². The molecule has 0 atom stereocenters. The van der Waals surface area contributed by atoms with E-state index in [1.54, 1.807) is 6.07 Å². The second-order valence-corrected chi connectivity index (χ2v) is 5.51. The van der Waals surface area contributed by atoms with Crippen LogP contribution in [0.25, 0.3) is 10.9 Å². The van der Waals surface area contributed by atoms with E-state index in [1.165, 1.54) is 0 Å². The van der Waals surface area contributed by atoms with Crippen molar-refractivity contribution < 1.29 is 9.59 Å². The molecule has 3 aromatic rings. The lowest BCUT2D eigenvalue weighted by Crippen LogP contribution is -2.12. The van der Waals surface area contributed by atoms with Crippen molar-refractivity contribution in [3.63, 3.8) is 0 Å². The van der Waals surface area contributed by atoms with Crippen molar-refractivity contribution in [3.05, 3.63) is 59.7 Å². The fourth-order valence-corrected chi connectivity index (χ4v) is 2.80. The number of anilines is 3. The number of carbonyl (C=O) groups is 2. The summed E-state index contributed by atoms with van der Waals surface area (Å²) in [6.07, 6.45) is 0. The molecule has 5 nitrogen and oxygen atoms in total. The predicted octanol–water partition coefficient (Wildman–Crippen LogP) is 3.42. The van der Waals surface area contributed by atoms with Crippen molar-refractivity contribution in [3.8, 4) is 0 Å². The van der Waals surface area contributed by atoms with Gasteiger partial charge in [-0.05, 0) is 30.7 Å². The number of Topliss-reactive ketones (excluding diaryl/α,β-unsaturated/α-hetero) is 1. The van der Waals surface area contributed by atoms with Gasteiger partial charge in [-0.1, -0.05) is 30.3 Å². The first-order valence-corrected chi connectivity index (χ1v) is 7.25. The van der Waals surface area contributed by atoms with Gasteiger partial charge < -0.3 is 10.6 Å². The lowest BCUT2D eigenvalue weighted by Gasteiger charge is -2.12. The highest BCUT2D eigenvalue weighted by Gasteiger charge is 2.33. The fraction of sp³-hybridized carbons (Fsp3) is 0.0556. The number of fused-ring (bicyclic) bond motifs is 3. The molecule has 1 aliphatic rings. The number of rotatable bonds is 2. The Bertz CT molecular complexity index is 979. The average Bonchev–Trinajstić information content (AvgIpc) is 2.84. The highest BCUT2D eigenvalue weighted by atomic mass is 16.2. The van der Waals surface area contributed by atoms with Gasteiger partial charge in [-0.15, -0.1) is 0 Å². The Morgan fingerprint density at radius 2 is 1.87 bits per heavy atom. The zero-order valence-corrected chi connectivity index (χ0v) is 12.4. The summed E-state index contributed by atoms with van der Waals surface area (Å²) >= 11 is 0. The standard InChI is InChI=1S/C18H13N3O2/c1-10-5-4-6-11(9-10)19-17-15-14(16(22)18(23)21-15)12-7-2-3-8-13(12)20-17/h2-9H,1H3,(H,19,20)(H,21,22,23). The van der Waals surface area contributed by atoms with Crippen molar-refractivity contribution in [2.75, 3.05) is 10.6 Å². The van der Waals surface area contributed by atoms with Crippen LogP contribution in [-0.4, -0.2) is 16.7 Å². The molecule has 0 bridgehead atoms. The van der Waals surface area contributed by atoms with E-state index >= 15 is 0 Å². The first-order valence-electron chi connectivity index (χ1n) is 7.25. The number of nitrogens with one attached hydrogen (secondary N) is 2. The summed E-state index contributed by atoms with van der Waals surface area (Å²) in [6.45, 7) is 1.99. The lowest BCUT2D eigenvalue weighted by molar-refractivity contribution is -0.112. The number of carbonyl (C=O) groups excluding carboxylic acids is 2. The molecule has 0 radical (unpaired) electrons. The molecular weight excluding hydrogens is 290 g/mol. The first kappa shape index (κ1) is 13.5. The zero-order valence-electron chi connectivity index (χ0n) is 12.4. The Balaban J connectivity index is 1.93. The number of amides is 1. The van der Waals surface area contributed by atoms with Crippen molar-refractivity contribution in [2.24, 2.45) is 0 Å². The van der Waals surface area contributed by atoms with Crippen LogP contribution in [0.1, 0.15) is 15.9 Å². The molecule has 2 aromatic carbocycles. The van der Waals surface area contributed by atoms with Crippen LogP contribution in [0.2, 0.25) is 0 Å². The Kier molecular flexibility index (Phi) is 2.87. The highest BCUT2D eigenvalue weighted by molar-refractivity contribution is 6.54. The normalized spacial score (nSPS) is 13.1. The number of benzene rings is 2. The molecule has 2 heterocycles. The van der Waals surface area contributed by atoms with E-state index in [1.807, 2.05) is 49.4 Å². The van der Waals surface area contributed by atoms with Crippen LogP contribution >= 0.6 is 0 Å². The number of hydrogen-bond acceptors (Lipinski definition) is 4. The molecule has 0 saturated heterocycles. The van der Waals surface area contributed by atoms with Gasteiger partial charge in [0.25, 0.3) is 11.7 Å². The van der Waals surface area contributed by atoms with E-state index in [4.69, 9.17) is 0 Å². The van der Waals surface area contributed by atoms with E-state index in [9.17, 15) is 9.59 Å². The minimum absolute atomic E-state index is 0.385. The topological polar surface area (TPSA) is 71.1 Å². The number of ketones is 1. The van der Waals surface area contributed by atoms with E-state index in [-0.39, 0.29) is 0 Å². The number of nitrogens with zero attached hydrogens (tertiary/aromatic N) is 1. The zero-order chi connectivity index (χ0) is 16.0. The molecule has 0 saturated carbocycles. The summed E-state index contributed by atoms with van der Waals surface area (Å²) in [4.78, 5) is 28.6.